The van der Waals surface area contributed by atoms with Gasteiger partial charge in [0.2, 0.25) is 0 Å². The van der Waals surface area contributed by atoms with Crippen LogP contribution in [0.3, 0.4) is 0 Å². The molecule has 1 heterocycles. The number of fused-ring (bicyclic) bond motifs is 2. The number of likely N-dealkylation sites (tertiary alicyclic amines) is 1. The summed E-state index contributed by atoms with van der Waals surface area (Å²) in [5.41, 5.74) is 4.84. The highest BCUT2D eigenvalue weighted by atomic mass is 15.2. The van der Waals surface area contributed by atoms with Crippen molar-refractivity contribution in [1.29, 1.82) is 0 Å². The minimum absolute atomic E-state index is 0.382. The highest BCUT2D eigenvalue weighted by Gasteiger charge is 2.50. The molecule has 1 saturated heterocycles. The van der Waals surface area contributed by atoms with Gasteiger partial charge in [-0.05, 0) is 37.1 Å². The lowest BCUT2D eigenvalue weighted by molar-refractivity contribution is 0.0870. The lowest BCUT2D eigenvalue weighted by Gasteiger charge is -2.47. The van der Waals surface area contributed by atoms with Gasteiger partial charge in [0.15, 0.2) is 0 Å². The average Bonchev–Trinajstić information content (AvgIpc) is 2.83. The SMILES string of the molecule is CC(NC1CC2(CN(C)C2)c2ccccc21)c1ccccc1. The Balaban J connectivity index is 1.59. The largest absolute Gasteiger partial charge is 0.304 e. The molecule has 1 fully saturated rings. The molecule has 4 rings (SSSR count). The first kappa shape index (κ1) is 14.0. The molecule has 0 saturated carbocycles. The molecular formula is C20H24N2. The molecule has 2 nitrogen and oxygen atoms in total. The number of rotatable bonds is 3. The first-order valence-electron chi connectivity index (χ1n) is 8.27. The zero-order chi connectivity index (χ0) is 15.2. The monoisotopic (exact) mass is 292 g/mol. The summed E-state index contributed by atoms with van der Waals surface area (Å²) in [7, 11) is 2.22. The highest BCUT2D eigenvalue weighted by Crippen LogP contribution is 2.50. The second-order valence-corrected chi connectivity index (χ2v) is 7.10. The number of hydrogen-bond donors (Lipinski definition) is 1. The van der Waals surface area contributed by atoms with Crippen molar-refractivity contribution in [1.82, 2.24) is 10.2 Å². The molecule has 2 atom stereocenters. The van der Waals surface area contributed by atoms with E-state index in [1.54, 1.807) is 5.56 Å². The Morgan fingerprint density at radius 2 is 1.73 bits per heavy atom. The molecule has 1 spiro atoms. The molecule has 1 aliphatic heterocycles. The van der Waals surface area contributed by atoms with Gasteiger partial charge < -0.3 is 10.2 Å². The van der Waals surface area contributed by atoms with Crippen LogP contribution >= 0.6 is 0 Å². The van der Waals surface area contributed by atoms with E-state index < -0.39 is 0 Å². The molecule has 2 unspecified atom stereocenters. The third-order valence-corrected chi connectivity index (χ3v) is 5.40. The van der Waals surface area contributed by atoms with Crippen LogP contribution in [0.1, 0.15) is 42.1 Å². The Labute approximate surface area is 133 Å². The second-order valence-electron chi connectivity index (χ2n) is 7.10. The van der Waals surface area contributed by atoms with Crippen LogP contribution in [-0.2, 0) is 5.41 Å². The fourth-order valence-electron chi connectivity index (χ4n) is 4.47. The molecule has 0 radical (unpaired) electrons. The van der Waals surface area contributed by atoms with Crippen LogP contribution in [0.5, 0.6) is 0 Å². The fraction of sp³-hybridized carbons (Fsp3) is 0.400. The van der Waals surface area contributed by atoms with Gasteiger partial charge in [0.25, 0.3) is 0 Å². The number of hydrogen-bond acceptors (Lipinski definition) is 2. The minimum atomic E-state index is 0.382. The lowest BCUT2D eigenvalue weighted by Crippen LogP contribution is -2.56. The molecule has 1 aliphatic carbocycles. The van der Waals surface area contributed by atoms with Crippen LogP contribution in [0, 0.1) is 0 Å². The predicted octanol–water partition coefficient (Wildman–Crippen LogP) is 3.67. The maximum Gasteiger partial charge on any atom is 0.0338 e. The van der Waals surface area contributed by atoms with E-state index in [0.29, 0.717) is 17.5 Å². The van der Waals surface area contributed by atoms with Gasteiger partial charge in [-0.2, -0.15) is 0 Å². The average molecular weight is 292 g/mol. The van der Waals surface area contributed by atoms with E-state index in [4.69, 9.17) is 0 Å². The Morgan fingerprint density at radius 3 is 2.45 bits per heavy atom. The van der Waals surface area contributed by atoms with E-state index in [-0.39, 0.29) is 0 Å². The summed E-state index contributed by atoms with van der Waals surface area (Å²) in [6, 6.07) is 20.7. The van der Waals surface area contributed by atoms with E-state index in [2.05, 4.69) is 78.8 Å². The minimum Gasteiger partial charge on any atom is -0.304 e. The summed E-state index contributed by atoms with van der Waals surface area (Å²) >= 11 is 0. The van der Waals surface area contributed by atoms with Gasteiger partial charge in [0.1, 0.15) is 0 Å². The smallest absolute Gasteiger partial charge is 0.0338 e. The molecule has 114 valence electrons. The van der Waals surface area contributed by atoms with Crippen molar-refractivity contribution in [3.8, 4) is 0 Å². The summed E-state index contributed by atoms with van der Waals surface area (Å²) < 4.78 is 0. The molecule has 1 N–H and O–H groups in total. The van der Waals surface area contributed by atoms with E-state index >= 15 is 0 Å². The van der Waals surface area contributed by atoms with Gasteiger partial charge in [0.05, 0.1) is 0 Å². The summed E-state index contributed by atoms with van der Waals surface area (Å²) in [6.45, 7) is 4.67. The van der Waals surface area contributed by atoms with Crippen molar-refractivity contribution >= 4 is 0 Å². The van der Waals surface area contributed by atoms with E-state index in [9.17, 15) is 0 Å². The predicted molar refractivity (Wildman–Crippen MR) is 91.0 cm³/mol. The molecule has 0 aromatic heterocycles. The molecular weight excluding hydrogens is 268 g/mol. The van der Waals surface area contributed by atoms with Gasteiger partial charge in [-0.3, -0.25) is 0 Å². The number of nitrogens with zero attached hydrogens (tertiary/aromatic N) is 1. The fourth-order valence-corrected chi connectivity index (χ4v) is 4.47. The van der Waals surface area contributed by atoms with E-state index in [1.807, 2.05) is 0 Å². The van der Waals surface area contributed by atoms with Crippen LogP contribution < -0.4 is 5.32 Å². The van der Waals surface area contributed by atoms with E-state index in [0.717, 1.165) is 0 Å². The second kappa shape index (κ2) is 5.22. The first-order valence-corrected chi connectivity index (χ1v) is 8.27. The van der Waals surface area contributed by atoms with Crippen molar-refractivity contribution in [2.45, 2.75) is 30.8 Å². The molecule has 2 aliphatic rings. The van der Waals surface area contributed by atoms with Crippen LogP contribution in [-0.4, -0.2) is 25.0 Å². The Bertz CT molecular complexity index is 658. The van der Waals surface area contributed by atoms with Gasteiger partial charge >= 0.3 is 0 Å². The van der Waals surface area contributed by atoms with Crippen molar-refractivity contribution in [3.63, 3.8) is 0 Å². The van der Waals surface area contributed by atoms with Crippen molar-refractivity contribution < 1.29 is 0 Å². The van der Waals surface area contributed by atoms with Crippen LogP contribution in [0.25, 0.3) is 0 Å². The third kappa shape index (κ3) is 2.18. The van der Waals surface area contributed by atoms with Gasteiger partial charge in [-0.25, -0.2) is 0 Å². The van der Waals surface area contributed by atoms with Gasteiger partial charge in [-0.15, -0.1) is 0 Å². The van der Waals surface area contributed by atoms with Gasteiger partial charge in [-0.1, -0.05) is 54.6 Å². The number of likely N-dealkylation sites (N-methyl/N-ethyl adjacent to an activating group) is 1. The van der Waals surface area contributed by atoms with Crippen molar-refractivity contribution in [3.05, 3.63) is 71.3 Å². The molecule has 22 heavy (non-hydrogen) atoms. The first-order chi connectivity index (χ1) is 10.7. The van der Waals surface area contributed by atoms with Crippen LogP contribution in [0.2, 0.25) is 0 Å². The Morgan fingerprint density at radius 1 is 1.05 bits per heavy atom. The summed E-state index contributed by atoms with van der Waals surface area (Å²) in [6.07, 6.45) is 1.23. The summed E-state index contributed by atoms with van der Waals surface area (Å²) in [4.78, 5) is 2.43. The molecule has 2 aromatic carbocycles. The standard InChI is InChI=1S/C20H24N2/c1-15(16-8-4-3-5-9-16)21-19-12-20(13-22(2)14-20)18-11-7-6-10-17(18)19/h3-11,15,19,21H,12-14H2,1-2H3. The van der Waals surface area contributed by atoms with Crippen LogP contribution in [0.4, 0.5) is 0 Å². The number of benzene rings is 2. The van der Waals surface area contributed by atoms with Crippen molar-refractivity contribution in [2.75, 3.05) is 20.1 Å². The lowest BCUT2D eigenvalue weighted by atomic mass is 9.75. The third-order valence-electron chi connectivity index (χ3n) is 5.40. The normalized spacial score (nSPS) is 24.0. The topological polar surface area (TPSA) is 15.3 Å². The highest BCUT2D eigenvalue weighted by molar-refractivity contribution is 5.45. The Kier molecular flexibility index (Phi) is 3.32. The zero-order valence-electron chi connectivity index (χ0n) is 13.4. The zero-order valence-corrected chi connectivity index (χ0v) is 13.4. The summed E-state index contributed by atoms with van der Waals surface area (Å²) in [5, 5.41) is 3.87. The molecule has 0 bridgehead atoms. The van der Waals surface area contributed by atoms with Crippen LogP contribution in [0.15, 0.2) is 54.6 Å². The maximum atomic E-state index is 3.87. The Hall–Kier alpha value is -1.64. The van der Waals surface area contributed by atoms with Crippen molar-refractivity contribution in [2.24, 2.45) is 0 Å². The number of nitrogens with one attached hydrogen (secondary N) is 1. The maximum absolute atomic E-state index is 3.87. The molecule has 2 aromatic rings. The van der Waals surface area contributed by atoms with E-state index in [1.165, 1.54) is 30.6 Å². The summed E-state index contributed by atoms with van der Waals surface area (Å²) in [5.74, 6) is 0. The van der Waals surface area contributed by atoms with Gasteiger partial charge in [0, 0.05) is 30.6 Å². The quantitative estimate of drug-likeness (QED) is 0.928. The molecule has 0 amide bonds. The molecule has 2 heteroatoms.